The van der Waals surface area contributed by atoms with E-state index in [0.717, 1.165) is 5.56 Å². The van der Waals surface area contributed by atoms with Crippen molar-refractivity contribution in [2.45, 2.75) is 24.7 Å². The Kier molecular flexibility index (Phi) is 6.73. The number of hydrogen-bond donors (Lipinski definition) is 0. The van der Waals surface area contributed by atoms with Crippen LogP contribution in [-0.2, 0) is 17.9 Å². The summed E-state index contributed by atoms with van der Waals surface area (Å²) >= 11 is 7.22. The van der Waals surface area contributed by atoms with E-state index in [1.165, 1.54) is 11.8 Å². The lowest BCUT2D eigenvalue weighted by atomic mass is 10.2. The minimum Gasteiger partial charge on any atom is -0.550 e. The van der Waals surface area contributed by atoms with Gasteiger partial charge in [0.25, 0.3) is 0 Å². The smallest absolute Gasteiger partial charge is 0.191 e. The number of aliphatic carboxylic acids is 1. The molecule has 140 valence electrons. The highest BCUT2D eigenvalue weighted by Crippen LogP contribution is 2.21. The summed E-state index contributed by atoms with van der Waals surface area (Å²) in [4.78, 5) is 10.7. The van der Waals surface area contributed by atoms with E-state index in [1.54, 1.807) is 24.3 Å². The number of carboxylic acids is 1. The lowest BCUT2D eigenvalue weighted by molar-refractivity contribution is -0.305. The molecule has 0 fully saturated rings. The van der Waals surface area contributed by atoms with Gasteiger partial charge in [-0.1, -0.05) is 53.7 Å². The molecule has 0 aliphatic rings. The van der Waals surface area contributed by atoms with E-state index in [9.17, 15) is 9.90 Å². The first-order valence-corrected chi connectivity index (χ1v) is 9.65. The number of carboxylic acid groups (broad SMARTS) is 1. The fraction of sp³-hybridized carbons (Fsp3) is 0.211. The third-order valence-corrected chi connectivity index (χ3v) is 4.92. The summed E-state index contributed by atoms with van der Waals surface area (Å²) < 4.78 is 7.72. The van der Waals surface area contributed by atoms with Crippen LogP contribution >= 0.6 is 23.4 Å². The first kappa shape index (κ1) is 19.3. The van der Waals surface area contributed by atoms with Crippen molar-refractivity contribution < 1.29 is 14.6 Å². The maximum atomic E-state index is 10.7. The molecule has 0 radical (unpaired) electrons. The third-order valence-electron chi connectivity index (χ3n) is 3.70. The van der Waals surface area contributed by atoms with Crippen LogP contribution in [0.1, 0.15) is 17.8 Å². The van der Waals surface area contributed by atoms with Crippen LogP contribution in [0.15, 0.2) is 59.8 Å². The molecule has 3 rings (SSSR count). The van der Waals surface area contributed by atoms with Gasteiger partial charge in [-0.2, -0.15) is 0 Å². The zero-order chi connectivity index (χ0) is 19.1. The summed E-state index contributed by atoms with van der Waals surface area (Å²) in [6, 6.07) is 17.0. The normalized spacial score (nSPS) is 10.7. The van der Waals surface area contributed by atoms with Crippen molar-refractivity contribution >= 4 is 29.3 Å². The van der Waals surface area contributed by atoms with Gasteiger partial charge >= 0.3 is 0 Å². The first-order valence-electron chi connectivity index (χ1n) is 8.29. The van der Waals surface area contributed by atoms with Crippen molar-refractivity contribution in [3.63, 3.8) is 0 Å². The van der Waals surface area contributed by atoms with Crippen molar-refractivity contribution in [2.24, 2.45) is 0 Å². The van der Waals surface area contributed by atoms with Crippen LogP contribution in [0.3, 0.4) is 0 Å². The van der Waals surface area contributed by atoms with Crippen molar-refractivity contribution in [3.8, 4) is 5.75 Å². The number of carbonyl (C=O) groups excluding carboxylic acids is 1. The molecule has 3 aromatic rings. The molecular formula is C19H17ClN3O3S-. The van der Waals surface area contributed by atoms with Crippen molar-refractivity contribution in [1.29, 1.82) is 0 Å². The zero-order valence-corrected chi connectivity index (χ0v) is 15.9. The fourth-order valence-electron chi connectivity index (χ4n) is 2.36. The Hall–Kier alpha value is -2.51. The molecule has 27 heavy (non-hydrogen) atoms. The van der Waals surface area contributed by atoms with Gasteiger partial charge in [0, 0.05) is 16.7 Å². The SMILES string of the molecule is O=C([O-])CCSc1nnc(COc2ccc(Cl)cc2)n1Cc1ccccc1. The number of aromatic nitrogens is 3. The highest BCUT2D eigenvalue weighted by atomic mass is 35.5. The molecule has 2 aromatic carbocycles. The van der Waals surface area contributed by atoms with E-state index in [0.29, 0.717) is 34.1 Å². The molecule has 0 saturated carbocycles. The van der Waals surface area contributed by atoms with Crippen LogP contribution in [-0.4, -0.2) is 26.5 Å². The van der Waals surface area contributed by atoms with Crippen LogP contribution in [0.5, 0.6) is 5.75 Å². The van der Waals surface area contributed by atoms with E-state index in [2.05, 4.69) is 10.2 Å². The van der Waals surface area contributed by atoms with Crippen molar-refractivity contribution in [2.75, 3.05) is 5.75 Å². The molecule has 0 bridgehead atoms. The molecule has 0 amide bonds. The van der Waals surface area contributed by atoms with Gasteiger partial charge in [-0.15, -0.1) is 10.2 Å². The Bertz CT molecular complexity index is 885. The Morgan fingerprint density at radius 3 is 2.56 bits per heavy atom. The second-order valence-corrected chi connectivity index (χ2v) is 7.18. The Labute approximate surface area is 166 Å². The van der Waals surface area contributed by atoms with E-state index in [1.807, 2.05) is 34.9 Å². The highest BCUT2D eigenvalue weighted by molar-refractivity contribution is 7.99. The fourth-order valence-corrected chi connectivity index (χ4v) is 3.36. The van der Waals surface area contributed by atoms with Crippen LogP contribution < -0.4 is 9.84 Å². The topological polar surface area (TPSA) is 80.1 Å². The maximum absolute atomic E-state index is 10.7. The summed E-state index contributed by atoms with van der Waals surface area (Å²) in [6.07, 6.45) is -0.0422. The summed E-state index contributed by atoms with van der Waals surface area (Å²) in [5.74, 6) is 0.625. The monoisotopic (exact) mass is 402 g/mol. The minimum absolute atomic E-state index is 0.0422. The van der Waals surface area contributed by atoms with E-state index >= 15 is 0 Å². The summed E-state index contributed by atoms with van der Waals surface area (Å²) in [5.41, 5.74) is 1.09. The number of hydrogen-bond acceptors (Lipinski definition) is 6. The standard InChI is InChI=1S/C19H18ClN3O3S/c20-15-6-8-16(9-7-15)26-13-17-21-22-19(27-11-10-18(24)25)23(17)12-14-4-2-1-3-5-14/h1-9H,10-13H2,(H,24,25)/p-1. The summed E-state index contributed by atoms with van der Waals surface area (Å²) in [5, 5.41) is 20.4. The minimum atomic E-state index is -1.08. The molecular weight excluding hydrogens is 386 g/mol. The number of rotatable bonds is 9. The average molecular weight is 403 g/mol. The largest absolute Gasteiger partial charge is 0.550 e. The molecule has 8 heteroatoms. The van der Waals surface area contributed by atoms with E-state index < -0.39 is 5.97 Å². The average Bonchev–Trinajstić information content (AvgIpc) is 3.03. The number of benzene rings is 2. The predicted octanol–water partition coefficient (Wildman–Crippen LogP) is 2.79. The number of carbonyl (C=O) groups is 1. The Morgan fingerprint density at radius 2 is 1.85 bits per heavy atom. The van der Waals surface area contributed by atoms with E-state index in [-0.39, 0.29) is 13.0 Å². The second-order valence-electron chi connectivity index (χ2n) is 5.68. The van der Waals surface area contributed by atoms with Gasteiger partial charge in [-0.25, -0.2) is 0 Å². The number of halogens is 1. The summed E-state index contributed by atoms with van der Waals surface area (Å²) in [7, 11) is 0. The lowest BCUT2D eigenvalue weighted by Crippen LogP contribution is -2.22. The van der Waals surface area contributed by atoms with Gasteiger partial charge in [-0.3, -0.25) is 4.57 Å². The van der Waals surface area contributed by atoms with E-state index in [4.69, 9.17) is 16.3 Å². The number of thioether (sulfide) groups is 1. The van der Waals surface area contributed by atoms with Crippen LogP contribution in [0.2, 0.25) is 5.02 Å². The zero-order valence-electron chi connectivity index (χ0n) is 14.4. The predicted molar refractivity (Wildman–Crippen MR) is 102 cm³/mol. The van der Waals surface area contributed by atoms with Gasteiger partial charge in [0.1, 0.15) is 12.4 Å². The first-order chi connectivity index (χ1) is 13.1. The van der Waals surface area contributed by atoms with Crippen LogP contribution in [0.25, 0.3) is 0 Å². The van der Waals surface area contributed by atoms with Crippen molar-refractivity contribution in [3.05, 3.63) is 71.0 Å². The van der Waals surface area contributed by atoms with Gasteiger partial charge < -0.3 is 14.6 Å². The molecule has 0 unspecified atom stereocenters. The van der Waals surface area contributed by atoms with Gasteiger partial charge in [0.2, 0.25) is 0 Å². The molecule has 6 nitrogen and oxygen atoms in total. The summed E-state index contributed by atoms with van der Waals surface area (Å²) in [6.45, 7) is 0.809. The van der Waals surface area contributed by atoms with Gasteiger partial charge in [0.05, 0.1) is 6.54 Å². The van der Waals surface area contributed by atoms with Gasteiger partial charge in [0.15, 0.2) is 11.0 Å². The molecule has 0 aliphatic heterocycles. The van der Waals surface area contributed by atoms with Crippen LogP contribution in [0.4, 0.5) is 0 Å². The van der Waals surface area contributed by atoms with Crippen LogP contribution in [0, 0.1) is 0 Å². The molecule has 1 heterocycles. The van der Waals surface area contributed by atoms with Crippen molar-refractivity contribution in [1.82, 2.24) is 14.8 Å². The Morgan fingerprint density at radius 1 is 1.11 bits per heavy atom. The lowest BCUT2D eigenvalue weighted by Gasteiger charge is -2.11. The molecule has 0 N–H and O–H groups in total. The number of nitrogens with zero attached hydrogens (tertiary/aromatic N) is 3. The highest BCUT2D eigenvalue weighted by Gasteiger charge is 2.14. The Balaban J connectivity index is 1.75. The molecule has 1 aromatic heterocycles. The second kappa shape index (κ2) is 9.43. The maximum Gasteiger partial charge on any atom is 0.191 e. The molecule has 0 spiro atoms. The molecule has 0 saturated heterocycles. The number of ether oxygens (including phenoxy) is 1. The third kappa shape index (κ3) is 5.74. The molecule has 0 aliphatic carbocycles. The quantitative estimate of drug-likeness (QED) is 0.512. The van der Waals surface area contributed by atoms with Gasteiger partial charge in [-0.05, 0) is 36.2 Å². The molecule has 0 atom stereocenters.